The van der Waals surface area contributed by atoms with Crippen LogP contribution in [0.4, 0.5) is 0 Å². The molecule has 1 N–H and O–H groups in total. The number of rotatable bonds is 8. The summed E-state index contributed by atoms with van der Waals surface area (Å²) < 4.78 is 9.12. The molecule has 140 valence electrons. The Morgan fingerprint density at radius 3 is 2.85 bits per heavy atom. The summed E-state index contributed by atoms with van der Waals surface area (Å²) in [5, 5.41) is 11.6. The first-order chi connectivity index (χ1) is 13.2. The molecule has 0 saturated carbocycles. The molecular weight excluding hydrogens is 424 g/mol. The Bertz CT molecular complexity index is 963. The number of hydrogen-bond acceptors (Lipinski definition) is 4. The van der Waals surface area contributed by atoms with Crippen LogP contribution in [0.2, 0.25) is 0 Å². The summed E-state index contributed by atoms with van der Waals surface area (Å²) in [4.78, 5) is 0. The number of benzene rings is 2. The second-order valence-electron chi connectivity index (χ2n) is 6.09. The highest BCUT2D eigenvalue weighted by Gasteiger charge is 2.04. The van der Waals surface area contributed by atoms with Gasteiger partial charge in [0.15, 0.2) is 5.82 Å². The molecule has 0 atom stereocenters. The minimum Gasteiger partial charge on any atom is -0.489 e. The van der Waals surface area contributed by atoms with Gasteiger partial charge in [-0.1, -0.05) is 53.5 Å². The minimum atomic E-state index is 0.500. The van der Waals surface area contributed by atoms with Crippen LogP contribution < -0.4 is 4.74 Å². The number of hydrogen-bond donors (Lipinski definition) is 1. The van der Waals surface area contributed by atoms with Gasteiger partial charge in [-0.3, -0.25) is 5.10 Å². The molecule has 1 heterocycles. The maximum atomic E-state index is 5.89. The van der Waals surface area contributed by atoms with E-state index in [1.807, 2.05) is 48.5 Å². The van der Waals surface area contributed by atoms with Crippen molar-refractivity contribution in [3.63, 3.8) is 0 Å². The number of aromatic nitrogens is 3. The average molecular weight is 445 g/mol. The Morgan fingerprint density at radius 2 is 2.07 bits per heavy atom. The smallest absolute Gasteiger partial charge is 0.216 e. The van der Waals surface area contributed by atoms with Gasteiger partial charge in [0, 0.05) is 10.9 Å². The maximum absolute atomic E-state index is 5.89. The second kappa shape index (κ2) is 9.62. The van der Waals surface area contributed by atoms with Gasteiger partial charge >= 0.3 is 0 Å². The van der Waals surface area contributed by atoms with E-state index in [-0.39, 0.29) is 0 Å². The third-order valence-corrected chi connectivity index (χ3v) is 4.76. The number of halogens is 1. The van der Waals surface area contributed by atoms with Crippen LogP contribution >= 0.6 is 28.1 Å². The van der Waals surface area contributed by atoms with Gasteiger partial charge in [0.25, 0.3) is 0 Å². The van der Waals surface area contributed by atoms with E-state index in [0.29, 0.717) is 11.4 Å². The van der Waals surface area contributed by atoms with Gasteiger partial charge in [0.05, 0.1) is 6.21 Å². The predicted molar refractivity (Wildman–Crippen MR) is 114 cm³/mol. The first-order valence-corrected chi connectivity index (χ1v) is 10.0. The van der Waals surface area contributed by atoms with Crippen LogP contribution in [0.3, 0.4) is 0 Å². The molecule has 1 aromatic heterocycles. The Morgan fingerprint density at radius 1 is 1.26 bits per heavy atom. The first-order valence-electron chi connectivity index (χ1n) is 8.83. The number of aryl methyl sites for hydroxylation is 1. The Kier molecular flexibility index (Phi) is 6.95. The van der Waals surface area contributed by atoms with E-state index in [4.69, 9.17) is 17.0 Å². The largest absolute Gasteiger partial charge is 0.489 e. The van der Waals surface area contributed by atoms with Gasteiger partial charge in [0.2, 0.25) is 4.77 Å². The van der Waals surface area contributed by atoms with Crippen LogP contribution in [0, 0.1) is 4.77 Å². The normalized spacial score (nSPS) is 11.2. The fourth-order valence-electron chi connectivity index (χ4n) is 2.50. The molecule has 2 aromatic carbocycles. The van der Waals surface area contributed by atoms with E-state index in [1.54, 1.807) is 10.9 Å². The quantitative estimate of drug-likeness (QED) is 0.368. The molecule has 5 nitrogen and oxygen atoms in total. The first kappa shape index (κ1) is 19.5. The summed E-state index contributed by atoms with van der Waals surface area (Å²) in [6.45, 7) is 2.66. The van der Waals surface area contributed by atoms with E-state index >= 15 is 0 Å². The third kappa shape index (κ3) is 5.61. The number of aromatic amines is 1. The van der Waals surface area contributed by atoms with E-state index in [1.165, 1.54) is 0 Å². The van der Waals surface area contributed by atoms with Crippen LogP contribution in [0.1, 0.15) is 36.7 Å². The molecule has 0 bridgehead atoms. The Balaban J connectivity index is 1.68. The van der Waals surface area contributed by atoms with Crippen LogP contribution in [0.25, 0.3) is 0 Å². The molecule has 0 fully saturated rings. The zero-order valence-corrected chi connectivity index (χ0v) is 17.5. The Hall–Kier alpha value is -2.25. The van der Waals surface area contributed by atoms with Crippen LogP contribution in [0.5, 0.6) is 5.75 Å². The second-order valence-corrected chi connectivity index (χ2v) is 7.39. The zero-order chi connectivity index (χ0) is 19.1. The molecule has 0 amide bonds. The highest BCUT2D eigenvalue weighted by molar-refractivity contribution is 9.10. The van der Waals surface area contributed by atoms with Crippen molar-refractivity contribution in [2.24, 2.45) is 5.10 Å². The van der Waals surface area contributed by atoms with Crippen molar-refractivity contribution < 1.29 is 4.74 Å². The van der Waals surface area contributed by atoms with Gasteiger partial charge in [-0.05, 0) is 54.0 Å². The van der Waals surface area contributed by atoms with Crippen molar-refractivity contribution in [3.05, 3.63) is 74.7 Å². The molecule has 0 spiro atoms. The van der Waals surface area contributed by atoms with Gasteiger partial charge in [-0.25, -0.2) is 0 Å². The van der Waals surface area contributed by atoms with Crippen molar-refractivity contribution in [3.8, 4) is 5.75 Å². The minimum absolute atomic E-state index is 0.500. The van der Waals surface area contributed by atoms with E-state index in [2.05, 4.69) is 38.2 Å². The molecule has 7 heteroatoms. The summed E-state index contributed by atoms with van der Waals surface area (Å²) in [5.74, 6) is 1.64. The fraction of sp³-hybridized carbons (Fsp3) is 0.250. The average Bonchev–Trinajstić information content (AvgIpc) is 3.04. The lowest BCUT2D eigenvalue weighted by Crippen LogP contribution is -1.99. The summed E-state index contributed by atoms with van der Waals surface area (Å²) in [5.41, 5.74) is 2.05. The van der Waals surface area contributed by atoms with Gasteiger partial charge in [0.1, 0.15) is 12.4 Å². The van der Waals surface area contributed by atoms with E-state index in [0.717, 1.165) is 46.4 Å². The summed E-state index contributed by atoms with van der Waals surface area (Å²) in [7, 11) is 0. The molecular formula is C20H21BrN4OS. The lowest BCUT2D eigenvalue weighted by atomic mass is 10.2. The van der Waals surface area contributed by atoms with Crippen molar-refractivity contribution in [2.45, 2.75) is 32.8 Å². The topological polar surface area (TPSA) is 55.2 Å². The van der Waals surface area contributed by atoms with E-state index < -0.39 is 0 Å². The Labute approximate surface area is 172 Å². The molecule has 3 aromatic rings. The fourth-order valence-corrected chi connectivity index (χ4v) is 2.96. The zero-order valence-electron chi connectivity index (χ0n) is 15.1. The number of nitrogens with one attached hydrogen (secondary N) is 1. The molecule has 0 radical (unpaired) electrons. The molecule has 27 heavy (non-hydrogen) atoms. The lowest BCUT2D eigenvalue weighted by molar-refractivity contribution is 0.306. The summed E-state index contributed by atoms with van der Waals surface area (Å²) >= 11 is 8.71. The molecule has 3 rings (SSSR count). The van der Waals surface area contributed by atoms with Gasteiger partial charge in [-0.2, -0.15) is 14.9 Å². The molecule has 0 unspecified atom stereocenters. The van der Waals surface area contributed by atoms with Crippen molar-refractivity contribution in [1.29, 1.82) is 0 Å². The standard InChI is InChI=1S/C20H21BrN4OS/c1-2-3-7-19-23-24-20(27)25(19)22-13-16-5-4-6-18(12-16)26-14-15-8-10-17(21)11-9-15/h4-6,8-13H,2-3,7,14H2,1H3,(H,24,27). The molecule has 0 aliphatic carbocycles. The third-order valence-electron chi connectivity index (χ3n) is 3.97. The van der Waals surface area contributed by atoms with Crippen molar-refractivity contribution in [1.82, 2.24) is 14.9 Å². The predicted octanol–water partition coefficient (Wildman–Crippen LogP) is 5.51. The molecule has 0 aliphatic heterocycles. The van der Waals surface area contributed by atoms with Crippen molar-refractivity contribution in [2.75, 3.05) is 0 Å². The number of ether oxygens (including phenoxy) is 1. The molecule has 0 aliphatic rings. The van der Waals surface area contributed by atoms with Crippen LogP contribution in [0.15, 0.2) is 58.1 Å². The van der Waals surface area contributed by atoms with Crippen molar-refractivity contribution >= 4 is 34.4 Å². The molecule has 0 saturated heterocycles. The van der Waals surface area contributed by atoms with Gasteiger partial charge < -0.3 is 4.74 Å². The summed E-state index contributed by atoms with van der Waals surface area (Å²) in [6.07, 6.45) is 4.76. The van der Waals surface area contributed by atoms with Gasteiger partial charge in [-0.15, -0.1) is 0 Å². The number of unbranched alkanes of at least 4 members (excludes halogenated alkanes) is 1. The van der Waals surface area contributed by atoms with E-state index in [9.17, 15) is 0 Å². The van der Waals surface area contributed by atoms with Crippen LogP contribution in [-0.2, 0) is 13.0 Å². The maximum Gasteiger partial charge on any atom is 0.216 e. The SMILES string of the molecule is CCCCc1n[nH]c(=S)n1N=Cc1cccc(OCc2ccc(Br)cc2)c1. The summed E-state index contributed by atoms with van der Waals surface area (Å²) in [6, 6.07) is 15.9. The number of H-pyrrole nitrogens is 1. The lowest BCUT2D eigenvalue weighted by Gasteiger charge is -2.07. The monoisotopic (exact) mass is 444 g/mol. The highest BCUT2D eigenvalue weighted by atomic mass is 79.9. The number of nitrogens with zero attached hydrogens (tertiary/aromatic N) is 3. The van der Waals surface area contributed by atoms with Crippen LogP contribution in [-0.4, -0.2) is 21.1 Å². The highest BCUT2D eigenvalue weighted by Crippen LogP contribution is 2.16.